The molecule has 0 radical (unpaired) electrons. The van der Waals surface area contributed by atoms with Crippen LogP contribution in [0.1, 0.15) is 49.9 Å². The van der Waals surface area contributed by atoms with Gasteiger partial charge in [0.25, 0.3) is 0 Å². The van der Waals surface area contributed by atoms with E-state index in [0.29, 0.717) is 11.1 Å². The highest BCUT2D eigenvalue weighted by molar-refractivity contribution is 6.30. The van der Waals surface area contributed by atoms with Crippen molar-refractivity contribution in [1.82, 2.24) is 4.90 Å². The lowest BCUT2D eigenvalue weighted by Crippen LogP contribution is -2.41. The summed E-state index contributed by atoms with van der Waals surface area (Å²) < 4.78 is 0. The minimum atomic E-state index is -0.0276. The van der Waals surface area contributed by atoms with E-state index in [0.717, 1.165) is 18.5 Å². The number of unbranched alkanes of at least 4 members (excludes halogenated alkanes) is 1. The van der Waals surface area contributed by atoms with Crippen LogP contribution in [0.5, 0.6) is 0 Å². The Labute approximate surface area is 120 Å². The van der Waals surface area contributed by atoms with Crippen LogP contribution in [0.3, 0.4) is 0 Å². The van der Waals surface area contributed by atoms with Gasteiger partial charge in [0.05, 0.1) is 6.04 Å². The molecule has 104 valence electrons. The Kier molecular flexibility index (Phi) is 5.00. The van der Waals surface area contributed by atoms with Crippen molar-refractivity contribution in [1.29, 1.82) is 0 Å². The van der Waals surface area contributed by atoms with Gasteiger partial charge in [-0.2, -0.15) is 0 Å². The second kappa shape index (κ2) is 6.53. The molecular weight excluding hydrogens is 258 g/mol. The van der Waals surface area contributed by atoms with Gasteiger partial charge >= 0.3 is 0 Å². The van der Waals surface area contributed by atoms with Gasteiger partial charge in [0.1, 0.15) is 0 Å². The zero-order valence-electron chi connectivity index (χ0n) is 11.7. The quantitative estimate of drug-likeness (QED) is 0.698. The normalized spacial score (nSPS) is 16.6. The third kappa shape index (κ3) is 3.80. The molecule has 3 heteroatoms. The van der Waals surface area contributed by atoms with Gasteiger partial charge in [0.15, 0.2) is 5.78 Å². The average molecular weight is 280 g/mol. The second-order valence-corrected chi connectivity index (χ2v) is 5.81. The van der Waals surface area contributed by atoms with Gasteiger partial charge in [-0.3, -0.25) is 9.69 Å². The molecule has 1 fully saturated rings. The van der Waals surface area contributed by atoms with Crippen LogP contribution in [0.25, 0.3) is 0 Å². The van der Waals surface area contributed by atoms with Gasteiger partial charge in [-0.05, 0) is 57.0 Å². The van der Waals surface area contributed by atoms with E-state index in [9.17, 15) is 4.79 Å². The molecule has 1 atom stereocenters. The Hall–Kier alpha value is -0.860. The fraction of sp³-hybridized carbons (Fsp3) is 0.562. The van der Waals surface area contributed by atoms with Crippen molar-refractivity contribution in [2.45, 2.75) is 51.6 Å². The van der Waals surface area contributed by atoms with E-state index in [2.05, 4.69) is 11.8 Å². The van der Waals surface area contributed by atoms with Gasteiger partial charge in [0, 0.05) is 16.6 Å². The molecule has 0 aromatic heterocycles. The second-order valence-electron chi connectivity index (χ2n) is 5.37. The monoisotopic (exact) mass is 279 g/mol. The zero-order valence-corrected chi connectivity index (χ0v) is 12.5. The molecule has 19 heavy (non-hydrogen) atoms. The lowest BCUT2D eigenvalue weighted by molar-refractivity contribution is 0.0824. The maximum Gasteiger partial charge on any atom is 0.179 e. The van der Waals surface area contributed by atoms with Gasteiger partial charge in [-0.1, -0.05) is 24.9 Å². The summed E-state index contributed by atoms with van der Waals surface area (Å²) in [6.45, 7) is 5.25. The van der Waals surface area contributed by atoms with Crippen molar-refractivity contribution in [2.24, 2.45) is 0 Å². The van der Waals surface area contributed by atoms with Gasteiger partial charge in [0.2, 0.25) is 0 Å². The van der Waals surface area contributed by atoms with Crippen molar-refractivity contribution in [3.63, 3.8) is 0 Å². The minimum absolute atomic E-state index is 0.0276. The highest BCUT2D eigenvalue weighted by Crippen LogP contribution is 2.30. The number of Topliss-reactive ketones (excluding diaryl/α,β-unsaturated/α-hetero) is 1. The third-order valence-electron chi connectivity index (χ3n) is 3.79. The summed E-state index contributed by atoms with van der Waals surface area (Å²) in [6.07, 6.45) is 4.81. The molecule has 0 N–H and O–H groups in total. The van der Waals surface area contributed by atoms with E-state index < -0.39 is 0 Å². The molecule has 1 aromatic carbocycles. The molecule has 0 aliphatic heterocycles. The summed E-state index contributed by atoms with van der Waals surface area (Å²) in [6, 6.07) is 7.82. The molecule has 1 saturated carbocycles. The van der Waals surface area contributed by atoms with Crippen molar-refractivity contribution < 1.29 is 4.79 Å². The van der Waals surface area contributed by atoms with Crippen LogP contribution in [0, 0.1) is 0 Å². The smallest absolute Gasteiger partial charge is 0.179 e. The van der Waals surface area contributed by atoms with Crippen molar-refractivity contribution in [2.75, 3.05) is 6.54 Å². The Morgan fingerprint density at radius 1 is 1.37 bits per heavy atom. The van der Waals surface area contributed by atoms with Crippen molar-refractivity contribution in [3.05, 3.63) is 34.9 Å². The number of nitrogens with zero attached hydrogens (tertiary/aromatic N) is 1. The first kappa shape index (κ1) is 14.5. The number of hydrogen-bond acceptors (Lipinski definition) is 2. The van der Waals surface area contributed by atoms with Crippen molar-refractivity contribution >= 4 is 17.4 Å². The molecular formula is C16H22ClNO. The molecule has 1 unspecified atom stereocenters. The molecule has 1 aromatic rings. The van der Waals surface area contributed by atoms with Crippen LogP contribution < -0.4 is 0 Å². The minimum Gasteiger partial charge on any atom is -0.292 e. The van der Waals surface area contributed by atoms with Gasteiger partial charge in [-0.25, -0.2) is 0 Å². The van der Waals surface area contributed by atoms with Crippen LogP contribution in [-0.2, 0) is 0 Å². The molecule has 0 saturated heterocycles. The zero-order chi connectivity index (χ0) is 13.8. The number of ketones is 1. The lowest BCUT2D eigenvalue weighted by Gasteiger charge is -2.28. The Balaban J connectivity index is 2.05. The molecule has 1 aliphatic carbocycles. The molecule has 0 amide bonds. The summed E-state index contributed by atoms with van der Waals surface area (Å²) in [5.41, 5.74) is 0.763. The molecule has 2 rings (SSSR count). The van der Waals surface area contributed by atoms with Gasteiger partial charge < -0.3 is 0 Å². The van der Waals surface area contributed by atoms with Crippen LogP contribution in [-0.4, -0.2) is 29.3 Å². The molecule has 0 spiro atoms. The van der Waals surface area contributed by atoms with Gasteiger partial charge in [-0.15, -0.1) is 0 Å². The molecule has 2 nitrogen and oxygen atoms in total. The molecule has 0 bridgehead atoms. The van der Waals surface area contributed by atoms with E-state index >= 15 is 0 Å². The Morgan fingerprint density at radius 2 is 2.00 bits per heavy atom. The number of benzene rings is 1. The van der Waals surface area contributed by atoms with Crippen LogP contribution in [0.2, 0.25) is 5.02 Å². The average Bonchev–Trinajstić information content (AvgIpc) is 3.23. The van der Waals surface area contributed by atoms with E-state index in [1.807, 2.05) is 19.1 Å². The maximum atomic E-state index is 12.5. The van der Waals surface area contributed by atoms with E-state index in [1.54, 1.807) is 12.1 Å². The Bertz CT molecular complexity index is 425. The summed E-state index contributed by atoms with van der Waals surface area (Å²) in [4.78, 5) is 14.9. The maximum absolute atomic E-state index is 12.5. The third-order valence-corrected chi connectivity index (χ3v) is 4.04. The SMILES string of the molecule is CCCCN(C1CC1)C(C)C(=O)c1ccc(Cl)cc1. The largest absolute Gasteiger partial charge is 0.292 e. The predicted molar refractivity (Wildman–Crippen MR) is 79.9 cm³/mol. The summed E-state index contributed by atoms with van der Waals surface area (Å²) in [5.74, 6) is 0.208. The summed E-state index contributed by atoms with van der Waals surface area (Å²) >= 11 is 5.87. The topological polar surface area (TPSA) is 20.3 Å². The lowest BCUT2D eigenvalue weighted by atomic mass is 10.0. The van der Waals surface area contributed by atoms with E-state index in [-0.39, 0.29) is 11.8 Å². The first-order valence-electron chi connectivity index (χ1n) is 7.19. The first-order chi connectivity index (χ1) is 9.13. The first-order valence-corrected chi connectivity index (χ1v) is 7.56. The standard InChI is InChI=1S/C16H22ClNO/c1-3-4-11-18(15-9-10-15)12(2)16(19)13-5-7-14(17)8-6-13/h5-8,12,15H,3-4,9-11H2,1-2H3. The molecule has 1 aliphatic rings. The fourth-order valence-electron chi connectivity index (χ4n) is 2.45. The van der Waals surface area contributed by atoms with Crippen LogP contribution in [0.4, 0.5) is 0 Å². The number of carbonyl (C=O) groups excluding carboxylic acids is 1. The van der Waals surface area contributed by atoms with Crippen LogP contribution >= 0.6 is 11.6 Å². The predicted octanol–water partition coefficient (Wildman–Crippen LogP) is 4.18. The Morgan fingerprint density at radius 3 is 2.53 bits per heavy atom. The highest BCUT2D eigenvalue weighted by atomic mass is 35.5. The summed E-state index contributed by atoms with van der Waals surface area (Å²) in [7, 11) is 0. The van der Waals surface area contributed by atoms with E-state index in [4.69, 9.17) is 11.6 Å². The van der Waals surface area contributed by atoms with Crippen LogP contribution in [0.15, 0.2) is 24.3 Å². The van der Waals surface area contributed by atoms with E-state index in [1.165, 1.54) is 19.3 Å². The highest BCUT2D eigenvalue weighted by Gasteiger charge is 2.34. The number of rotatable bonds is 7. The fourth-order valence-corrected chi connectivity index (χ4v) is 2.57. The number of halogens is 1. The number of hydrogen-bond donors (Lipinski definition) is 0. The van der Waals surface area contributed by atoms with Crippen molar-refractivity contribution in [3.8, 4) is 0 Å². The number of carbonyl (C=O) groups is 1. The summed E-state index contributed by atoms with van der Waals surface area (Å²) in [5, 5.41) is 0.675. The molecule has 0 heterocycles.